The second-order valence-electron chi connectivity index (χ2n) is 8.98. The Morgan fingerprint density at radius 1 is 0.895 bits per heavy atom. The van der Waals surface area contributed by atoms with Crippen molar-refractivity contribution in [2.45, 2.75) is 25.4 Å². The predicted molar refractivity (Wildman–Crippen MR) is 144 cm³/mol. The highest BCUT2D eigenvalue weighted by Crippen LogP contribution is 2.40. The minimum Gasteiger partial charge on any atom is -0.495 e. The van der Waals surface area contributed by atoms with Gasteiger partial charge < -0.3 is 38.4 Å². The molecule has 210 valence electrons. The highest BCUT2D eigenvalue weighted by Gasteiger charge is 2.23. The van der Waals surface area contributed by atoms with E-state index in [-0.39, 0.29) is 12.5 Å². The number of hydrogen-bond acceptors (Lipinski definition) is 9. The summed E-state index contributed by atoms with van der Waals surface area (Å²) in [5.74, 6) is 2.20. The molecular formula is C28H40N2O8. The van der Waals surface area contributed by atoms with Gasteiger partial charge in [0.1, 0.15) is 24.2 Å². The number of carboxylic acids is 1. The number of nitrogens with zero attached hydrogens (tertiary/aromatic N) is 2. The lowest BCUT2D eigenvalue weighted by atomic mass is 10.2. The first kappa shape index (κ1) is 29.2. The molecule has 1 atom stereocenters. The maximum Gasteiger partial charge on any atom is 0.303 e. The number of benzene rings is 2. The number of piperazine rings is 1. The molecule has 10 nitrogen and oxygen atoms in total. The second kappa shape index (κ2) is 15.1. The van der Waals surface area contributed by atoms with E-state index in [4.69, 9.17) is 33.5 Å². The fraction of sp³-hybridized carbons (Fsp3) is 0.536. The third-order valence-electron chi connectivity index (χ3n) is 6.47. The van der Waals surface area contributed by atoms with Crippen molar-refractivity contribution in [1.82, 2.24) is 4.90 Å². The zero-order chi connectivity index (χ0) is 27.3. The zero-order valence-electron chi connectivity index (χ0n) is 22.8. The van der Waals surface area contributed by atoms with Crippen molar-refractivity contribution in [1.29, 1.82) is 0 Å². The van der Waals surface area contributed by atoms with E-state index in [0.717, 1.165) is 37.6 Å². The molecule has 0 amide bonds. The summed E-state index contributed by atoms with van der Waals surface area (Å²) in [4.78, 5) is 15.5. The quantitative estimate of drug-likeness (QED) is 0.323. The van der Waals surface area contributed by atoms with Crippen LogP contribution in [0.1, 0.15) is 19.3 Å². The van der Waals surface area contributed by atoms with Crippen LogP contribution in [0.15, 0.2) is 36.4 Å². The van der Waals surface area contributed by atoms with Gasteiger partial charge in [-0.3, -0.25) is 9.69 Å². The van der Waals surface area contributed by atoms with E-state index in [0.29, 0.717) is 55.6 Å². The lowest BCUT2D eigenvalue weighted by Crippen LogP contribution is -2.49. The van der Waals surface area contributed by atoms with Gasteiger partial charge in [-0.2, -0.15) is 0 Å². The van der Waals surface area contributed by atoms with Gasteiger partial charge in [-0.1, -0.05) is 12.1 Å². The molecule has 1 unspecified atom stereocenters. The number of unbranched alkanes of at least 4 members (excludes halogenated alkanes) is 1. The second-order valence-corrected chi connectivity index (χ2v) is 8.98. The molecule has 0 spiro atoms. The standard InChI is InChI=1S/C28H40N2O8/c1-33-24-10-6-5-9-23(24)30-14-12-29(13-15-30)19-22(37-16-8-7-11-27(31)32)20-38-21-17-25(34-2)28(36-4)26(18-21)35-3/h5-6,9-10,17-18,22H,7-8,11-16,19-20H2,1-4H3,(H,31,32). The van der Waals surface area contributed by atoms with Crippen LogP contribution in [0.25, 0.3) is 0 Å². The van der Waals surface area contributed by atoms with E-state index in [1.807, 2.05) is 18.2 Å². The molecule has 1 N–H and O–H groups in total. The number of carbonyl (C=O) groups is 1. The first-order chi connectivity index (χ1) is 18.5. The largest absolute Gasteiger partial charge is 0.495 e. The Hall–Kier alpha value is -3.37. The van der Waals surface area contributed by atoms with E-state index < -0.39 is 5.97 Å². The van der Waals surface area contributed by atoms with Crippen molar-refractivity contribution in [2.24, 2.45) is 0 Å². The minimum atomic E-state index is -0.791. The average Bonchev–Trinajstić information content (AvgIpc) is 2.95. The average molecular weight is 533 g/mol. The number of para-hydroxylation sites is 2. The Balaban J connectivity index is 1.61. The summed E-state index contributed by atoms with van der Waals surface area (Å²) in [6.07, 6.45) is 1.19. The van der Waals surface area contributed by atoms with Crippen LogP contribution in [0.4, 0.5) is 5.69 Å². The summed E-state index contributed by atoms with van der Waals surface area (Å²) >= 11 is 0. The van der Waals surface area contributed by atoms with Gasteiger partial charge >= 0.3 is 5.97 Å². The molecule has 1 fully saturated rings. The van der Waals surface area contributed by atoms with Crippen molar-refractivity contribution < 1.29 is 38.3 Å². The van der Waals surface area contributed by atoms with Gasteiger partial charge in [-0.25, -0.2) is 0 Å². The fourth-order valence-corrected chi connectivity index (χ4v) is 4.46. The molecule has 0 aromatic heterocycles. The van der Waals surface area contributed by atoms with Gasteiger partial charge in [0, 0.05) is 57.9 Å². The first-order valence-corrected chi connectivity index (χ1v) is 12.9. The molecule has 0 saturated carbocycles. The van der Waals surface area contributed by atoms with Crippen LogP contribution in [0.3, 0.4) is 0 Å². The van der Waals surface area contributed by atoms with Crippen LogP contribution in [0.2, 0.25) is 0 Å². The molecule has 38 heavy (non-hydrogen) atoms. The molecular weight excluding hydrogens is 492 g/mol. The number of carboxylic acid groups (broad SMARTS) is 1. The van der Waals surface area contributed by atoms with Gasteiger partial charge in [-0.15, -0.1) is 0 Å². The molecule has 1 saturated heterocycles. The normalized spacial score (nSPS) is 14.6. The SMILES string of the molecule is COc1ccccc1N1CCN(CC(COc2cc(OC)c(OC)c(OC)c2)OCCCCC(=O)O)CC1. The minimum absolute atomic E-state index is 0.140. The Labute approximate surface area is 224 Å². The number of ether oxygens (including phenoxy) is 6. The van der Waals surface area contributed by atoms with Crippen LogP contribution in [0, 0.1) is 0 Å². The van der Waals surface area contributed by atoms with Crippen LogP contribution < -0.4 is 28.6 Å². The van der Waals surface area contributed by atoms with Crippen LogP contribution in [-0.4, -0.2) is 96.5 Å². The van der Waals surface area contributed by atoms with Crippen LogP contribution >= 0.6 is 0 Å². The molecule has 0 radical (unpaired) electrons. The van der Waals surface area contributed by atoms with Crippen molar-refractivity contribution in [3.63, 3.8) is 0 Å². The Bertz CT molecular complexity index is 985. The summed E-state index contributed by atoms with van der Waals surface area (Å²) in [6.45, 7) is 4.99. The fourth-order valence-electron chi connectivity index (χ4n) is 4.46. The van der Waals surface area contributed by atoms with Crippen molar-refractivity contribution >= 4 is 11.7 Å². The molecule has 1 aliphatic heterocycles. The van der Waals surface area contributed by atoms with Gasteiger partial charge in [-0.05, 0) is 25.0 Å². The van der Waals surface area contributed by atoms with Crippen molar-refractivity contribution in [2.75, 3.05) is 79.3 Å². The lowest BCUT2D eigenvalue weighted by molar-refractivity contribution is -0.137. The van der Waals surface area contributed by atoms with Gasteiger partial charge in [0.05, 0.1) is 34.1 Å². The molecule has 2 aromatic rings. The molecule has 3 rings (SSSR count). The topological polar surface area (TPSA) is 99.2 Å². The summed E-state index contributed by atoms with van der Waals surface area (Å²) in [5, 5.41) is 8.90. The number of rotatable bonds is 16. The maximum absolute atomic E-state index is 10.8. The molecule has 10 heteroatoms. The van der Waals surface area contributed by atoms with Gasteiger partial charge in [0.2, 0.25) is 5.75 Å². The zero-order valence-corrected chi connectivity index (χ0v) is 22.8. The summed E-state index contributed by atoms with van der Waals surface area (Å²) in [6, 6.07) is 11.6. The third-order valence-corrected chi connectivity index (χ3v) is 6.47. The molecule has 0 bridgehead atoms. The number of methoxy groups -OCH3 is 4. The molecule has 1 heterocycles. The molecule has 2 aromatic carbocycles. The highest BCUT2D eigenvalue weighted by molar-refractivity contribution is 5.66. The Kier molecular flexibility index (Phi) is 11.6. The first-order valence-electron chi connectivity index (χ1n) is 12.9. The summed E-state index contributed by atoms with van der Waals surface area (Å²) < 4.78 is 34.1. The summed E-state index contributed by atoms with van der Waals surface area (Å²) in [7, 11) is 6.38. The smallest absolute Gasteiger partial charge is 0.303 e. The maximum atomic E-state index is 10.8. The molecule has 0 aliphatic carbocycles. The molecule has 1 aliphatic rings. The van der Waals surface area contributed by atoms with E-state index in [1.165, 1.54) is 0 Å². The Morgan fingerprint density at radius 3 is 2.16 bits per heavy atom. The highest BCUT2D eigenvalue weighted by atomic mass is 16.5. The Morgan fingerprint density at radius 2 is 1.55 bits per heavy atom. The summed E-state index contributed by atoms with van der Waals surface area (Å²) in [5.41, 5.74) is 1.10. The third kappa shape index (κ3) is 8.32. The van der Waals surface area contributed by atoms with E-state index >= 15 is 0 Å². The predicted octanol–water partition coefficient (Wildman–Crippen LogP) is 3.56. The van der Waals surface area contributed by atoms with Gasteiger partial charge in [0.15, 0.2) is 11.5 Å². The van der Waals surface area contributed by atoms with Crippen molar-refractivity contribution in [3.05, 3.63) is 36.4 Å². The number of aliphatic carboxylic acids is 1. The van der Waals surface area contributed by atoms with E-state index in [9.17, 15) is 4.79 Å². The number of anilines is 1. The van der Waals surface area contributed by atoms with E-state index in [1.54, 1.807) is 40.6 Å². The van der Waals surface area contributed by atoms with Crippen LogP contribution in [-0.2, 0) is 9.53 Å². The van der Waals surface area contributed by atoms with Gasteiger partial charge in [0.25, 0.3) is 0 Å². The van der Waals surface area contributed by atoms with Crippen molar-refractivity contribution in [3.8, 4) is 28.7 Å². The number of hydrogen-bond donors (Lipinski definition) is 1. The van der Waals surface area contributed by atoms with E-state index in [2.05, 4.69) is 15.9 Å². The monoisotopic (exact) mass is 532 g/mol. The van der Waals surface area contributed by atoms with Crippen LogP contribution in [0.5, 0.6) is 28.7 Å². The lowest BCUT2D eigenvalue weighted by Gasteiger charge is -2.38.